The summed E-state index contributed by atoms with van der Waals surface area (Å²) in [5.74, 6) is -0.530. The van der Waals surface area contributed by atoms with Crippen LogP contribution in [-0.2, 0) is 35.3 Å². The lowest BCUT2D eigenvalue weighted by molar-refractivity contribution is -0.134. The molecule has 2 aliphatic heterocycles. The van der Waals surface area contributed by atoms with Crippen LogP contribution < -0.4 is 9.80 Å². The van der Waals surface area contributed by atoms with Crippen LogP contribution >= 0.6 is 23.2 Å². The third-order valence-corrected chi connectivity index (χ3v) is 11.5. The minimum Gasteiger partial charge on any atom is -0.380 e. The van der Waals surface area contributed by atoms with Crippen LogP contribution in [0.3, 0.4) is 0 Å². The molecule has 2 aliphatic rings. The Balaban J connectivity index is 0.000000200. The number of hydrogen-bond donors (Lipinski definition) is 2. The second-order valence-electron chi connectivity index (χ2n) is 15.7. The largest absolute Gasteiger partial charge is 0.380 e. The molecule has 0 spiro atoms. The summed E-state index contributed by atoms with van der Waals surface area (Å²) in [7, 11) is 0. The lowest BCUT2D eigenvalue weighted by Gasteiger charge is -2.30. The molecular formula is C48H46Cl2N4O4. The Morgan fingerprint density at radius 1 is 0.672 bits per heavy atom. The van der Waals surface area contributed by atoms with Gasteiger partial charge >= 0.3 is 0 Å². The number of β-amino-alcohol motifs (C(OH)–C–C–N with tert-alkyl or cyclic N) is 2. The zero-order valence-electron chi connectivity index (χ0n) is 33.2. The van der Waals surface area contributed by atoms with E-state index in [1.165, 1.54) is 22.3 Å². The lowest BCUT2D eigenvalue weighted by atomic mass is 9.94. The first-order chi connectivity index (χ1) is 27.6. The third kappa shape index (κ3) is 9.61. The number of aliphatic hydroxyl groups is 2. The molecular weight excluding hydrogens is 767 g/mol. The fraction of sp³-hybridized carbons (Fsp3) is 0.292. The van der Waals surface area contributed by atoms with Gasteiger partial charge in [-0.2, -0.15) is 0 Å². The van der Waals surface area contributed by atoms with E-state index >= 15 is 0 Å². The van der Waals surface area contributed by atoms with Crippen molar-refractivity contribution in [2.24, 2.45) is 0 Å². The van der Waals surface area contributed by atoms with Crippen molar-refractivity contribution in [3.8, 4) is 11.1 Å². The van der Waals surface area contributed by atoms with E-state index in [0.717, 1.165) is 48.4 Å². The van der Waals surface area contributed by atoms with Gasteiger partial charge in [0.05, 0.1) is 26.2 Å². The highest BCUT2D eigenvalue weighted by atomic mass is 35.5. The van der Waals surface area contributed by atoms with E-state index in [0.29, 0.717) is 32.5 Å². The number of nitrogens with zero attached hydrogens (tertiary/aromatic N) is 4. The predicted octanol–water partition coefficient (Wildman–Crippen LogP) is 9.92. The van der Waals surface area contributed by atoms with E-state index in [-0.39, 0.29) is 37.5 Å². The summed E-state index contributed by atoms with van der Waals surface area (Å²) in [4.78, 5) is 36.5. The molecule has 0 aliphatic carbocycles. The van der Waals surface area contributed by atoms with Crippen LogP contribution in [-0.4, -0.2) is 59.2 Å². The van der Waals surface area contributed by atoms with Gasteiger partial charge in [0.1, 0.15) is 11.2 Å². The van der Waals surface area contributed by atoms with Gasteiger partial charge in [0.2, 0.25) is 11.4 Å². The van der Waals surface area contributed by atoms with Crippen LogP contribution in [0.4, 0.5) is 22.7 Å². The molecule has 5 aromatic rings. The Labute approximate surface area is 350 Å². The number of carbonyl (C=O) groups is 2. The molecule has 0 amide bonds. The van der Waals surface area contributed by atoms with Crippen molar-refractivity contribution in [3.63, 3.8) is 0 Å². The Kier molecular flexibility index (Phi) is 12.8. The summed E-state index contributed by atoms with van der Waals surface area (Å²) in [6, 6.07) is 30.8. The Morgan fingerprint density at radius 2 is 1.17 bits per heavy atom. The first-order valence-corrected chi connectivity index (χ1v) is 20.0. The summed E-state index contributed by atoms with van der Waals surface area (Å²) < 4.78 is 0. The fourth-order valence-electron chi connectivity index (χ4n) is 7.66. The third-order valence-electron chi connectivity index (χ3n) is 10.9. The van der Waals surface area contributed by atoms with Gasteiger partial charge in [0, 0.05) is 47.4 Å². The maximum absolute atomic E-state index is 13.0. The average Bonchev–Trinajstić information content (AvgIpc) is 3.76. The van der Waals surface area contributed by atoms with Crippen molar-refractivity contribution in [1.29, 1.82) is 0 Å². The molecule has 10 heteroatoms. The number of rotatable bonds is 11. The van der Waals surface area contributed by atoms with Crippen molar-refractivity contribution < 1.29 is 19.8 Å². The van der Waals surface area contributed by atoms with Crippen molar-refractivity contribution in [2.75, 3.05) is 36.0 Å². The van der Waals surface area contributed by atoms with E-state index in [1.54, 1.807) is 50.2 Å². The van der Waals surface area contributed by atoms with Gasteiger partial charge < -0.3 is 20.0 Å². The van der Waals surface area contributed by atoms with Crippen LogP contribution in [0, 0.1) is 27.0 Å². The van der Waals surface area contributed by atoms with Crippen molar-refractivity contribution in [1.82, 2.24) is 0 Å². The normalized spacial score (nSPS) is 14.9. The number of fused-ring (bicyclic) bond motifs is 2. The number of benzene rings is 5. The molecule has 296 valence electrons. The maximum atomic E-state index is 13.0. The number of anilines is 2. The highest BCUT2D eigenvalue weighted by Crippen LogP contribution is 2.37. The van der Waals surface area contributed by atoms with Crippen molar-refractivity contribution in [3.05, 3.63) is 163 Å². The monoisotopic (exact) mass is 812 g/mol. The fourth-order valence-corrected chi connectivity index (χ4v) is 8.15. The molecule has 2 heterocycles. The molecule has 58 heavy (non-hydrogen) atoms. The minimum atomic E-state index is -1.51. The molecule has 0 radical (unpaired) electrons. The molecule has 2 N–H and O–H groups in total. The molecule has 8 nitrogen and oxygen atoms in total. The quantitative estimate of drug-likeness (QED) is 0.129. The second-order valence-corrected chi connectivity index (χ2v) is 16.5. The van der Waals surface area contributed by atoms with E-state index in [1.807, 2.05) is 18.2 Å². The first kappa shape index (κ1) is 42.1. The van der Waals surface area contributed by atoms with Crippen molar-refractivity contribution >= 4 is 57.5 Å². The van der Waals surface area contributed by atoms with Crippen LogP contribution in [0.25, 0.3) is 20.8 Å². The zero-order valence-corrected chi connectivity index (χ0v) is 34.7. The summed E-state index contributed by atoms with van der Waals surface area (Å²) in [6.45, 7) is 23.5. The molecule has 0 fully saturated rings. The lowest BCUT2D eigenvalue weighted by Crippen LogP contribution is -2.47. The molecule has 7 rings (SSSR count). The van der Waals surface area contributed by atoms with E-state index < -0.39 is 11.2 Å². The van der Waals surface area contributed by atoms with E-state index in [4.69, 9.17) is 36.3 Å². The first-order valence-electron chi connectivity index (χ1n) is 19.2. The Hall–Kier alpha value is -5.48. The van der Waals surface area contributed by atoms with Gasteiger partial charge in [0.25, 0.3) is 0 Å². The van der Waals surface area contributed by atoms with Gasteiger partial charge in [-0.05, 0) is 91.6 Å². The summed E-state index contributed by atoms with van der Waals surface area (Å²) in [5.41, 5.74) is 8.56. The Bertz CT molecular complexity index is 2450. The molecule has 0 unspecified atom stereocenters. The second kappa shape index (κ2) is 17.6. The highest BCUT2D eigenvalue weighted by molar-refractivity contribution is 6.33. The molecule has 0 saturated carbocycles. The standard InChI is InChI=1S/C27H25ClN2O2.C21H21ClN2O2/c1-18-13-21-11-12-30(25(21)16-22(18)20-7-5-4-6-8-20)17-27(2,32)26(31)15-19-9-10-24(29-3)23(28)14-19;1-14-4-7-19-16(10-14)8-9-24(19)13-21(2,26)20(25)12-15-5-6-18(23-3)17(22)11-15/h4-10,13-14,16,32H,11-12,15,17H2,1-2H3;4-7,10-11,26H,8-9,12-13H2,1-2H3/t27-;21-/m00/s1. The van der Waals surface area contributed by atoms with Crippen LogP contribution in [0.5, 0.6) is 0 Å². The predicted molar refractivity (Wildman–Crippen MR) is 234 cm³/mol. The number of carbonyl (C=O) groups excluding carboxylic acids is 2. The minimum absolute atomic E-state index is 0.0643. The number of Topliss-reactive ketones (excluding diaryl/α,β-unsaturated/α-hetero) is 2. The van der Waals surface area contributed by atoms with Gasteiger partial charge in [-0.15, -0.1) is 0 Å². The topological polar surface area (TPSA) is 89.8 Å². The number of ketones is 2. The van der Waals surface area contributed by atoms with Gasteiger partial charge in [0.15, 0.2) is 11.6 Å². The molecule has 0 aromatic heterocycles. The Morgan fingerprint density at radius 3 is 1.67 bits per heavy atom. The molecule has 0 saturated heterocycles. The van der Waals surface area contributed by atoms with E-state index in [9.17, 15) is 19.8 Å². The SMILES string of the molecule is [C-]#[N+]c1ccc(CC(=O)[C@@](C)(O)CN2CCc3cc(C)c(-c4ccccc4)cc32)cc1Cl.[C-]#[N+]c1ccc(CC(=O)[C@@](C)(O)CN2CCc3cc(C)ccc32)cc1Cl. The summed E-state index contributed by atoms with van der Waals surface area (Å²) in [5, 5.41) is 22.5. The molecule has 0 bridgehead atoms. The highest BCUT2D eigenvalue weighted by Gasteiger charge is 2.36. The number of aryl methyl sites for hydroxylation is 2. The number of hydrogen-bond acceptors (Lipinski definition) is 6. The maximum Gasteiger partial charge on any atom is 0.205 e. The molecule has 2 atom stereocenters. The number of halogens is 2. The average molecular weight is 814 g/mol. The van der Waals surface area contributed by atoms with Crippen LogP contribution in [0.1, 0.15) is 47.2 Å². The van der Waals surface area contributed by atoms with E-state index in [2.05, 4.69) is 75.8 Å². The summed E-state index contributed by atoms with van der Waals surface area (Å²) in [6.07, 6.45) is 1.96. The van der Waals surface area contributed by atoms with Gasteiger partial charge in [-0.3, -0.25) is 9.59 Å². The zero-order chi connectivity index (χ0) is 41.8. The van der Waals surface area contributed by atoms with Crippen molar-refractivity contribution in [2.45, 2.75) is 64.6 Å². The molecule has 5 aromatic carbocycles. The van der Waals surface area contributed by atoms with Gasteiger partial charge in [-0.1, -0.05) is 114 Å². The summed E-state index contributed by atoms with van der Waals surface area (Å²) >= 11 is 12.1. The van der Waals surface area contributed by atoms with Crippen LogP contribution in [0.15, 0.2) is 97.1 Å². The smallest absolute Gasteiger partial charge is 0.205 e. The van der Waals surface area contributed by atoms with Gasteiger partial charge in [-0.25, -0.2) is 9.69 Å². The van der Waals surface area contributed by atoms with Crippen LogP contribution in [0.2, 0.25) is 10.0 Å².